The van der Waals surface area contributed by atoms with Gasteiger partial charge in [-0.1, -0.05) is 67.1 Å². The summed E-state index contributed by atoms with van der Waals surface area (Å²) in [6.45, 7) is 2.12. The molecule has 1 aliphatic rings. The van der Waals surface area contributed by atoms with Crippen LogP contribution < -0.4 is 9.62 Å². The smallest absolute Gasteiger partial charge is 0.243 e. The summed E-state index contributed by atoms with van der Waals surface area (Å²) in [5, 5.41) is 4.54. The van der Waals surface area contributed by atoms with E-state index >= 15 is 0 Å². The van der Waals surface area contributed by atoms with Crippen LogP contribution in [0.3, 0.4) is 0 Å². The molecule has 11 heteroatoms. The summed E-state index contributed by atoms with van der Waals surface area (Å²) in [5.41, 5.74) is 1.15. The van der Waals surface area contributed by atoms with Gasteiger partial charge in [-0.25, -0.2) is 8.42 Å². The molecule has 2 aromatic carbocycles. The Bertz CT molecular complexity index is 1240. The van der Waals surface area contributed by atoms with E-state index in [4.69, 9.17) is 34.8 Å². The van der Waals surface area contributed by atoms with Gasteiger partial charge in [0, 0.05) is 40.6 Å². The van der Waals surface area contributed by atoms with Crippen LogP contribution in [-0.4, -0.2) is 50.0 Å². The molecule has 0 saturated heterocycles. The molecule has 0 radical (unpaired) electrons. The first kappa shape index (κ1) is 31.5. The number of hydrogen-bond donors (Lipinski definition) is 1. The van der Waals surface area contributed by atoms with E-state index in [0.717, 1.165) is 31.9 Å². The van der Waals surface area contributed by atoms with Crippen LogP contribution >= 0.6 is 34.8 Å². The number of hydrogen-bond acceptors (Lipinski definition) is 4. The Morgan fingerprint density at radius 2 is 1.64 bits per heavy atom. The molecule has 1 saturated carbocycles. The van der Waals surface area contributed by atoms with Crippen molar-refractivity contribution in [1.82, 2.24) is 10.2 Å². The molecule has 1 atom stereocenters. The van der Waals surface area contributed by atoms with E-state index < -0.39 is 16.1 Å². The van der Waals surface area contributed by atoms with Crippen molar-refractivity contribution in [3.63, 3.8) is 0 Å². The number of anilines is 1. The molecular weight excluding hydrogens is 581 g/mol. The first-order valence-electron chi connectivity index (χ1n) is 13.3. The zero-order valence-corrected chi connectivity index (χ0v) is 25.4. The fraction of sp³-hybridized carbons (Fsp3) is 0.500. The average molecular weight is 617 g/mol. The van der Waals surface area contributed by atoms with Gasteiger partial charge in [-0.05, 0) is 67.6 Å². The fourth-order valence-electron chi connectivity index (χ4n) is 4.91. The van der Waals surface area contributed by atoms with E-state index in [0.29, 0.717) is 32.7 Å². The highest BCUT2D eigenvalue weighted by atomic mass is 35.5. The van der Waals surface area contributed by atoms with E-state index in [-0.39, 0.29) is 43.8 Å². The van der Waals surface area contributed by atoms with Crippen LogP contribution in [0.1, 0.15) is 63.9 Å². The van der Waals surface area contributed by atoms with Crippen LogP contribution in [0.4, 0.5) is 5.69 Å². The predicted molar refractivity (Wildman–Crippen MR) is 159 cm³/mol. The van der Waals surface area contributed by atoms with Crippen molar-refractivity contribution in [1.29, 1.82) is 0 Å². The number of sulfonamides is 1. The summed E-state index contributed by atoms with van der Waals surface area (Å²) < 4.78 is 26.2. The van der Waals surface area contributed by atoms with Crippen molar-refractivity contribution < 1.29 is 18.0 Å². The maximum absolute atomic E-state index is 13.6. The molecule has 0 aliphatic heterocycles. The second-order valence-corrected chi connectivity index (χ2v) is 13.1. The quantitative estimate of drug-likeness (QED) is 0.297. The second-order valence-electron chi connectivity index (χ2n) is 9.94. The highest BCUT2D eigenvalue weighted by Gasteiger charge is 2.31. The van der Waals surface area contributed by atoms with Gasteiger partial charge in [0.25, 0.3) is 0 Å². The molecule has 7 nitrogen and oxygen atoms in total. The van der Waals surface area contributed by atoms with Crippen molar-refractivity contribution in [2.75, 3.05) is 17.1 Å². The Kier molecular flexibility index (Phi) is 11.8. The molecule has 2 amide bonds. The number of carbonyl (C=O) groups excluding carboxylic acids is 2. The van der Waals surface area contributed by atoms with E-state index in [9.17, 15) is 18.0 Å². The topological polar surface area (TPSA) is 86.8 Å². The van der Waals surface area contributed by atoms with Crippen LogP contribution in [0.15, 0.2) is 42.5 Å². The lowest BCUT2D eigenvalue weighted by atomic mass is 9.95. The second kappa shape index (κ2) is 14.6. The minimum absolute atomic E-state index is 0.0536. The van der Waals surface area contributed by atoms with Gasteiger partial charge < -0.3 is 10.2 Å². The molecule has 0 aromatic heterocycles. The summed E-state index contributed by atoms with van der Waals surface area (Å²) in [6, 6.07) is 11.0. The number of nitrogens with one attached hydrogen (secondary N) is 1. The standard InChI is InChI=1S/C28H36Cl3N3O4S/c1-3-26(28(36)32-23-8-5-4-6-9-23)33(19-20-11-12-22(30)18-25(20)31)27(35)10-7-17-34(39(2,37)38)24-15-13-21(29)14-16-24/h11-16,18,23,26H,3-10,17,19H2,1-2H3,(H,32,36)/t26-/m0/s1. The largest absolute Gasteiger partial charge is 0.352 e. The fourth-order valence-corrected chi connectivity index (χ4v) is 6.47. The lowest BCUT2D eigenvalue weighted by molar-refractivity contribution is -0.141. The Morgan fingerprint density at radius 1 is 1.00 bits per heavy atom. The Morgan fingerprint density at radius 3 is 2.23 bits per heavy atom. The van der Waals surface area contributed by atoms with Crippen molar-refractivity contribution in [3.8, 4) is 0 Å². The molecule has 1 aliphatic carbocycles. The zero-order valence-electron chi connectivity index (χ0n) is 22.3. The maximum atomic E-state index is 13.6. The van der Waals surface area contributed by atoms with Crippen LogP contribution in [-0.2, 0) is 26.2 Å². The van der Waals surface area contributed by atoms with E-state index in [2.05, 4.69) is 5.32 Å². The Hall–Kier alpha value is -2.00. The van der Waals surface area contributed by atoms with Gasteiger partial charge in [-0.2, -0.15) is 0 Å². The molecule has 1 fully saturated rings. The molecule has 2 aromatic rings. The number of amides is 2. The Balaban J connectivity index is 1.78. The molecule has 214 valence electrons. The maximum Gasteiger partial charge on any atom is 0.243 e. The normalized spacial score (nSPS) is 15.0. The third-order valence-electron chi connectivity index (χ3n) is 6.96. The van der Waals surface area contributed by atoms with Crippen LogP contribution in [0.2, 0.25) is 15.1 Å². The van der Waals surface area contributed by atoms with Gasteiger partial charge >= 0.3 is 0 Å². The number of halogens is 3. The van der Waals surface area contributed by atoms with Gasteiger partial charge in [-0.3, -0.25) is 13.9 Å². The molecule has 0 spiro atoms. The average Bonchev–Trinajstić information content (AvgIpc) is 2.88. The van der Waals surface area contributed by atoms with Crippen LogP contribution in [0.25, 0.3) is 0 Å². The van der Waals surface area contributed by atoms with Crippen molar-refractivity contribution >= 4 is 62.3 Å². The van der Waals surface area contributed by atoms with E-state index in [1.807, 2.05) is 6.92 Å². The highest BCUT2D eigenvalue weighted by Crippen LogP contribution is 2.26. The molecule has 3 rings (SSSR count). The Labute approximate surface area is 246 Å². The monoisotopic (exact) mass is 615 g/mol. The van der Waals surface area contributed by atoms with Gasteiger partial charge in [0.15, 0.2) is 0 Å². The van der Waals surface area contributed by atoms with Crippen LogP contribution in [0.5, 0.6) is 0 Å². The van der Waals surface area contributed by atoms with Gasteiger partial charge in [-0.15, -0.1) is 0 Å². The zero-order chi connectivity index (χ0) is 28.6. The summed E-state index contributed by atoms with van der Waals surface area (Å²) in [5.74, 6) is -0.432. The first-order chi connectivity index (χ1) is 18.5. The predicted octanol–water partition coefficient (Wildman–Crippen LogP) is 6.45. The highest BCUT2D eigenvalue weighted by molar-refractivity contribution is 7.92. The van der Waals surface area contributed by atoms with Gasteiger partial charge in [0.05, 0.1) is 11.9 Å². The summed E-state index contributed by atoms with van der Waals surface area (Å²) >= 11 is 18.5. The van der Waals surface area contributed by atoms with Gasteiger partial charge in [0.1, 0.15) is 6.04 Å². The van der Waals surface area contributed by atoms with Crippen molar-refractivity contribution in [2.45, 2.75) is 76.9 Å². The minimum atomic E-state index is -3.59. The number of nitrogens with zero attached hydrogens (tertiary/aromatic N) is 2. The van der Waals surface area contributed by atoms with Crippen LogP contribution in [0, 0.1) is 0 Å². The summed E-state index contributed by atoms with van der Waals surface area (Å²) in [4.78, 5) is 28.6. The summed E-state index contributed by atoms with van der Waals surface area (Å²) in [7, 11) is -3.59. The third kappa shape index (κ3) is 9.27. The molecule has 39 heavy (non-hydrogen) atoms. The molecule has 1 N–H and O–H groups in total. The number of carbonyl (C=O) groups is 2. The number of benzene rings is 2. The number of rotatable bonds is 12. The molecule has 0 unspecified atom stereocenters. The minimum Gasteiger partial charge on any atom is -0.352 e. The third-order valence-corrected chi connectivity index (χ3v) is 8.99. The van der Waals surface area contributed by atoms with E-state index in [1.54, 1.807) is 47.4 Å². The SMILES string of the molecule is CC[C@@H](C(=O)NC1CCCCC1)N(Cc1ccc(Cl)cc1Cl)C(=O)CCCN(c1ccc(Cl)cc1)S(C)(=O)=O. The van der Waals surface area contributed by atoms with E-state index in [1.165, 1.54) is 10.7 Å². The molecule has 0 bridgehead atoms. The van der Waals surface area contributed by atoms with Crippen molar-refractivity contribution in [2.24, 2.45) is 0 Å². The first-order valence-corrected chi connectivity index (χ1v) is 16.2. The van der Waals surface area contributed by atoms with Crippen molar-refractivity contribution in [3.05, 3.63) is 63.1 Å². The van der Waals surface area contributed by atoms with Gasteiger partial charge in [0.2, 0.25) is 21.8 Å². The lowest BCUT2D eigenvalue weighted by Gasteiger charge is -2.33. The lowest BCUT2D eigenvalue weighted by Crippen LogP contribution is -2.51. The molecular formula is C28H36Cl3N3O4S. The molecule has 0 heterocycles. The summed E-state index contributed by atoms with van der Waals surface area (Å²) in [6.07, 6.45) is 7.07.